The summed E-state index contributed by atoms with van der Waals surface area (Å²) in [4.78, 5) is 13.1. The third-order valence-electron chi connectivity index (χ3n) is 4.95. The van der Waals surface area contributed by atoms with Crippen molar-refractivity contribution in [2.24, 2.45) is 5.92 Å². The Hall–Kier alpha value is -2.11. The van der Waals surface area contributed by atoms with Crippen molar-refractivity contribution in [3.05, 3.63) is 47.0 Å². The van der Waals surface area contributed by atoms with Crippen molar-refractivity contribution >= 4 is 34.7 Å². The lowest BCUT2D eigenvalue weighted by molar-refractivity contribution is 0.0963. The largest absolute Gasteiger partial charge is 0.493 e. The molecule has 5 nitrogen and oxygen atoms in total. The summed E-state index contributed by atoms with van der Waals surface area (Å²) >= 11 is 12.9. The summed E-state index contributed by atoms with van der Waals surface area (Å²) in [5.41, 5.74) is 8.83. The van der Waals surface area contributed by atoms with E-state index < -0.39 is 10.3 Å². The number of nitrogens with two attached hydrogens (primary N) is 1. The zero-order valence-electron chi connectivity index (χ0n) is 15.5. The number of aryl methyl sites for hydroxylation is 1. The van der Waals surface area contributed by atoms with Crippen molar-refractivity contribution in [1.29, 1.82) is 0 Å². The summed E-state index contributed by atoms with van der Waals surface area (Å²) < 4.78 is 14.7. The number of methoxy groups -OCH3 is 3. The van der Waals surface area contributed by atoms with Crippen LogP contribution in [-0.4, -0.2) is 31.4 Å². The summed E-state index contributed by atoms with van der Waals surface area (Å²) in [6.07, 6.45) is 0. The first-order chi connectivity index (χ1) is 12.8. The monoisotopic (exact) mass is 409 g/mol. The molecule has 1 aliphatic rings. The number of rotatable bonds is 6. The Kier molecular flexibility index (Phi) is 5.19. The molecule has 0 aliphatic heterocycles. The molecule has 0 saturated heterocycles. The average molecular weight is 410 g/mol. The van der Waals surface area contributed by atoms with Gasteiger partial charge in [-0.05, 0) is 36.2 Å². The standard InChI is InChI=1S/C20H21Cl2NO4/c1-10-5-6-11(7-13(10)23)16-17(20(16,21)22)18(24)12-8-14(25-2)19(27-4)15(9-12)26-3/h5-9,16-17H,23H2,1-4H3. The van der Waals surface area contributed by atoms with Crippen LogP contribution in [0.2, 0.25) is 0 Å². The van der Waals surface area contributed by atoms with Gasteiger partial charge in [0.05, 0.1) is 27.2 Å². The van der Waals surface area contributed by atoms with Crippen molar-refractivity contribution in [2.75, 3.05) is 27.1 Å². The van der Waals surface area contributed by atoms with Gasteiger partial charge in [0.1, 0.15) is 4.33 Å². The van der Waals surface area contributed by atoms with Gasteiger partial charge in [0, 0.05) is 17.2 Å². The van der Waals surface area contributed by atoms with Crippen molar-refractivity contribution in [3.8, 4) is 17.2 Å². The van der Waals surface area contributed by atoms with Gasteiger partial charge < -0.3 is 19.9 Å². The van der Waals surface area contributed by atoms with Crippen LogP contribution < -0.4 is 19.9 Å². The van der Waals surface area contributed by atoms with Gasteiger partial charge in [-0.15, -0.1) is 23.2 Å². The highest BCUT2D eigenvalue weighted by Gasteiger charge is 2.67. The molecule has 3 rings (SSSR count). The number of benzene rings is 2. The molecule has 0 bridgehead atoms. The fraction of sp³-hybridized carbons (Fsp3) is 0.350. The number of hydrogen-bond acceptors (Lipinski definition) is 5. The molecule has 2 atom stereocenters. The van der Waals surface area contributed by atoms with Gasteiger partial charge in [0.25, 0.3) is 0 Å². The van der Waals surface area contributed by atoms with Crippen LogP contribution in [0.15, 0.2) is 30.3 Å². The smallest absolute Gasteiger partial charge is 0.203 e. The van der Waals surface area contributed by atoms with Crippen LogP contribution in [0.1, 0.15) is 27.4 Å². The molecule has 2 aromatic carbocycles. The average Bonchev–Trinajstić information content (AvgIpc) is 3.23. The molecule has 7 heteroatoms. The van der Waals surface area contributed by atoms with Crippen LogP contribution in [-0.2, 0) is 0 Å². The lowest BCUT2D eigenvalue weighted by Crippen LogP contribution is -2.08. The maximum atomic E-state index is 13.1. The molecule has 0 heterocycles. The minimum atomic E-state index is -1.20. The number of halogens is 2. The van der Waals surface area contributed by atoms with Crippen molar-refractivity contribution in [2.45, 2.75) is 17.2 Å². The zero-order chi connectivity index (χ0) is 19.9. The summed E-state index contributed by atoms with van der Waals surface area (Å²) in [5, 5.41) is 0. The normalized spacial score (nSPS) is 20.1. The van der Waals surface area contributed by atoms with E-state index in [9.17, 15) is 4.79 Å². The Morgan fingerprint density at radius 2 is 1.63 bits per heavy atom. The fourth-order valence-electron chi connectivity index (χ4n) is 3.32. The summed E-state index contributed by atoms with van der Waals surface area (Å²) in [6.45, 7) is 1.92. The van der Waals surface area contributed by atoms with Crippen molar-refractivity contribution in [1.82, 2.24) is 0 Å². The number of ether oxygens (including phenoxy) is 3. The van der Waals surface area contributed by atoms with Crippen molar-refractivity contribution < 1.29 is 19.0 Å². The van der Waals surface area contributed by atoms with Crippen molar-refractivity contribution in [3.63, 3.8) is 0 Å². The van der Waals surface area contributed by atoms with Crippen LogP contribution >= 0.6 is 23.2 Å². The van der Waals surface area contributed by atoms with E-state index in [4.69, 9.17) is 43.1 Å². The topological polar surface area (TPSA) is 70.8 Å². The van der Waals surface area contributed by atoms with Gasteiger partial charge >= 0.3 is 0 Å². The van der Waals surface area contributed by atoms with E-state index in [-0.39, 0.29) is 11.7 Å². The second-order valence-corrected chi connectivity index (χ2v) is 7.97. The summed E-state index contributed by atoms with van der Waals surface area (Å²) in [7, 11) is 4.49. The van der Waals surface area contributed by atoms with Gasteiger partial charge in [-0.3, -0.25) is 4.79 Å². The van der Waals surface area contributed by atoms with Crippen LogP contribution in [0, 0.1) is 12.8 Å². The number of ketones is 1. The molecule has 1 aliphatic carbocycles. The molecule has 0 spiro atoms. The molecule has 0 amide bonds. The Labute approximate surface area is 168 Å². The number of carbonyl (C=O) groups is 1. The first kappa shape index (κ1) is 19.6. The minimum absolute atomic E-state index is 0.191. The van der Waals surface area contributed by atoms with E-state index in [1.165, 1.54) is 21.3 Å². The number of carbonyl (C=O) groups excluding carboxylic acids is 1. The molecule has 2 N–H and O–H groups in total. The van der Waals surface area contributed by atoms with E-state index in [0.717, 1.165) is 11.1 Å². The third kappa shape index (κ3) is 3.30. The highest BCUT2D eigenvalue weighted by molar-refractivity contribution is 6.54. The lowest BCUT2D eigenvalue weighted by Gasteiger charge is -2.13. The molecule has 0 aromatic heterocycles. The number of Topliss-reactive ketones (excluding diaryl/α,β-unsaturated/α-hetero) is 1. The van der Waals surface area contributed by atoms with E-state index in [2.05, 4.69) is 0 Å². The predicted molar refractivity (Wildman–Crippen MR) is 107 cm³/mol. The second kappa shape index (κ2) is 7.13. The maximum absolute atomic E-state index is 13.1. The van der Waals surface area contributed by atoms with Crippen LogP contribution in [0.25, 0.3) is 0 Å². The van der Waals surface area contributed by atoms with Crippen LogP contribution in [0.3, 0.4) is 0 Å². The van der Waals surface area contributed by atoms with Crippen LogP contribution in [0.5, 0.6) is 17.2 Å². The molecule has 27 heavy (non-hydrogen) atoms. The molecular weight excluding hydrogens is 389 g/mol. The van der Waals surface area contributed by atoms with Gasteiger partial charge in [0.2, 0.25) is 5.75 Å². The highest BCUT2D eigenvalue weighted by atomic mass is 35.5. The third-order valence-corrected chi connectivity index (χ3v) is 5.89. The molecular formula is C20H21Cl2NO4. The second-order valence-electron chi connectivity index (χ2n) is 6.52. The number of nitrogen functional groups attached to an aromatic ring is 1. The fourth-order valence-corrected chi connectivity index (χ4v) is 4.15. The minimum Gasteiger partial charge on any atom is -0.493 e. The quantitative estimate of drug-likeness (QED) is 0.435. The van der Waals surface area contributed by atoms with E-state index in [1.807, 2.05) is 25.1 Å². The van der Waals surface area contributed by atoms with Gasteiger partial charge in [-0.25, -0.2) is 0 Å². The first-order valence-corrected chi connectivity index (χ1v) is 9.09. The Morgan fingerprint density at radius 3 is 2.11 bits per heavy atom. The Morgan fingerprint density at radius 1 is 1.04 bits per heavy atom. The number of alkyl halides is 2. The molecule has 1 fully saturated rings. The maximum Gasteiger partial charge on any atom is 0.203 e. The SMILES string of the molecule is COc1cc(C(=O)C2C(c3ccc(C)c(N)c3)C2(Cl)Cl)cc(OC)c1OC. The highest BCUT2D eigenvalue weighted by Crippen LogP contribution is 2.66. The number of anilines is 1. The van der Waals surface area contributed by atoms with E-state index in [1.54, 1.807) is 12.1 Å². The van der Waals surface area contributed by atoms with Crippen LogP contribution in [0.4, 0.5) is 5.69 Å². The van der Waals surface area contributed by atoms with E-state index >= 15 is 0 Å². The number of hydrogen-bond donors (Lipinski definition) is 1. The van der Waals surface area contributed by atoms with Gasteiger partial charge in [-0.1, -0.05) is 12.1 Å². The molecule has 2 unspecified atom stereocenters. The van der Waals surface area contributed by atoms with Gasteiger partial charge in [0.15, 0.2) is 17.3 Å². The zero-order valence-corrected chi connectivity index (χ0v) is 17.0. The molecule has 2 aromatic rings. The van der Waals surface area contributed by atoms with E-state index in [0.29, 0.717) is 28.5 Å². The molecule has 144 valence electrons. The first-order valence-electron chi connectivity index (χ1n) is 8.34. The van der Waals surface area contributed by atoms with Gasteiger partial charge in [-0.2, -0.15) is 0 Å². The predicted octanol–water partition coefficient (Wildman–Crippen LogP) is 4.37. The summed E-state index contributed by atoms with van der Waals surface area (Å²) in [5.74, 6) is 0.0844. The molecule has 0 radical (unpaired) electrons. The Balaban J connectivity index is 1.97. The Bertz CT molecular complexity index is 873. The lowest BCUT2D eigenvalue weighted by atomic mass is 10.0. The molecule has 1 saturated carbocycles. The summed E-state index contributed by atoms with van der Waals surface area (Å²) in [6, 6.07) is 8.83.